The minimum Gasteiger partial charge on any atom is -0.295 e. The van der Waals surface area contributed by atoms with Crippen molar-refractivity contribution in [2.45, 2.75) is 10.2 Å². The summed E-state index contributed by atoms with van der Waals surface area (Å²) in [4.78, 5) is 10.5. The fourth-order valence-corrected chi connectivity index (χ4v) is 0.665. The zero-order valence-corrected chi connectivity index (χ0v) is 6.80. The molecule has 0 aromatic heterocycles. The largest absolute Gasteiger partial charge is 0.295 e. The van der Waals surface area contributed by atoms with Gasteiger partial charge in [-0.1, -0.05) is 41.4 Å². The molecule has 52 valence electrons. The van der Waals surface area contributed by atoms with Gasteiger partial charge in [0.2, 0.25) is 0 Å². The summed E-state index contributed by atoms with van der Waals surface area (Å²) in [6.45, 7) is 3.22. The Morgan fingerprint density at radius 2 is 2.00 bits per heavy atom. The van der Waals surface area contributed by atoms with Crippen LogP contribution in [0.5, 0.6) is 0 Å². The van der Waals surface area contributed by atoms with Gasteiger partial charge in [0.15, 0.2) is 9.58 Å². The molecule has 0 unspecified atom stereocenters. The van der Waals surface area contributed by atoms with Crippen LogP contribution < -0.4 is 0 Å². The highest BCUT2D eigenvalue weighted by atomic mass is 35.6. The van der Waals surface area contributed by atoms with Crippen LogP contribution in [0.15, 0.2) is 12.7 Å². The topological polar surface area (TPSA) is 17.1 Å². The number of alkyl halides is 3. The number of rotatable bonds is 2. The second-order valence-electron chi connectivity index (χ2n) is 1.46. The van der Waals surface area contributed by atoms with E-state index in [4.69, 9.17) is 34.8 Å². The van der Waals surface area contributed by atoms with Crippen LogP contribution in [0.3, 0.4) is 0 Å². The van der Waals surface area contributed by atoms with Gasteiger partial charge in [-0.05, 0) is 6.08 Å². The van der Waals surface area contributed by atoms with Crippen LogP contribution in [0.4, 0.5) is 0 Å². The van der Waals surface area contributed by atoms with Gasteiger partial charge in [-0.2, -0.15) is 0 Å². The first-order valence-corrected chi connectivity index (χ1v) is 3.31. The Bertz CT molecular complexity index is 125. The quantitative estimate of drug-likeness (QED) is 0.479. The van der Waals surface area contributed by atoms with E-state index in [1.807, 2.05) is 0 Å². The van der Waals surface area contributed by atoms with Crippen LogP contribution >= 0.6 is 34.8 Å². The van der Waals surface area contributed by atoms with E-state index in [-0.39, 0.29) is 12.2 Å². The van der Waals surface area contributed by atoms with Gasteiger partial charge in [0.1, 0.15) is 0 Å². The maximum Gasteiger partial charge on any atom is 0.197 e. The van der Waals surface area contributed by atoms with E-state index in [0.29, 0.717) is 0 Å². The lowest BCUT2D eigenvalue weighted by Crippen LogP contribution is -2.08. The second-order valence-corrected chi connectivity index (χ2v) is 3.98. The first kappa shape index (κ1) is 9.28. The summed E-state index contributed by atoms with van der Waals surface area (Å²) in [5.41, 5.74) is 0. The zero-order valence-electron chi connectivity index (χ0n) is 4.53. The molecule has 1 nitrogen and oxygen atoms in total. The van der Waals surface area contributed by atoms with Crippen LogP contribution in [0.1, 0.15) is 6.42 Å². The average Bonchev–Trinajstić information content (AvgIpc) is 1.62. The molecule has 0 spiro atoms. The molecule has 0 bridgehead atoms. The fourth-order valence-electron chi connectivity index (χ4n) is 0.270. The molecule has 0 aliphatic heterocycles. The third-order valence-electron chi connectivity index (χ3n) is 0.602. The highest BCUT2D eigenvalue weighted by molar-refractivity contribution is 6.68. The molecule has 0 saturated heterocycles. The van der Waals surface area contributed by atoms with Crippen molar-refractivity contribution < 1.29 is 4.79 Å². The fraction of sp³-hybridized carbons (Fsp3) is 0.400. The van der Waals surface area contributed by atoms with Crippen molar-refractivity contribution in [2.24, 2.45) is 0 Å². The summed E-state index contributed by atoms with van der Waals surface area (Å²) in [6.07, 6.45) is 1.02. The van der Waals surface area contributed by atoms with Crippen molar-refractivity contribution in [3.8, 4) is 0 Å². The molecular weight excluding hydrogens is 182 g/mol. The first-order chi connectivity index (χ1) is 3.95. The van der Waals surface area contributed by atoms with Crippen LogP contribution in [-0.4, -0.2) is 9.58 Å². The lowest BCUT2D eigenvalue weighted by atomic mass is 10.3. The monoisotopic (exact) mass is 186 g/mol. The van der Waals surface area contributed by atoms with Crippen molar-refractivity contribution in [3.05, 3.63) is 12.7 Å². The lowest BCUT2D eigenvalue weighted by molar-refractivity contribution is -0.114. The smallest absolute Gasteiger partial charge is 0.197 e. The van der Waals surface area contributed by atoms with Gasteiger partial charge in [0.05, 0.1) is 6.42 Å². The van der Waals surface area contributed by atoms with E-state index in [1.54, 1.807) is 0 Å². The predicted octanol–water partition coefficient (Wildman–Crippen LogP) is 2.50. The van der Waals surface area contributed by atoms with Crippen LogP contribution in [-0.2, 0) is 4.79 Å². The number of halogens is 3. The van der Waals surface area contributed by atoms with Gasteiger partial charge in [-0.3, -0.25) is 4.79 Å². The number of hydrogen-bond donors (Lipinski definition) is 0. The third-order valence-corrected chi connectivity index (χ3v) is 1.00. The van der Waals surface area contributed by atoms with Gasteiger partial charge < -0.3 is 0 Å². The van der Waals surface area contributed by atoms with Crippen LogP contribution in [0, 0.1) is 0 Å². The van der Waals surface area contributed by atoms with Crippen LogP contribution in [0.2, 0.25) is 0 Å². The molecule has 0 rings (SSSR count). The number of ketones is 1. The average molecular weight is 187 g/mol. The Hall–Kier alpha value is 0.280. The molecule has 9 heavy (non-hydrogen) atoms. The maximum absolute atomic E-state index is 10.5. The van der Waals surface area contributed by atoms with Crippen molar-refractivity contribution >= 4 is 40.6 Å². The Kier molecular flexibility index (Phi) is 3.56. The lowest BCUT2D eigenvalue weighted by Gasteiger charge is -2.05. The van der Waals surface area contributed by atoms with E-state index < -0.39 is 3.79 Å². The third kappa shape index (κ3) is 6.16. The minimum atomic E-state index is -1.48. The molecule has 0 saturated carbocycles. The molecular formula is C5H5Cl3O. The Morgan fingerprint density at radius 1 is 1.56 bits per heavy atom. The Morgan fingerprint density at radius 3 is 2.11 bits per heavy atom. The molecule has 4 heteroatoms. The first-order valence-electron chi connectivity index (χ1n) is 2.18. The summed E-state index contributed by atoms with van der Waals surface area (Å²) in [5.74, 6) is -0.269. The van der Waals surface area contributed by atoms with E-state index in [1.165, 1.54) is 0 Å². The predicted molar refractivity (Wildman–Crippen MR) is 40.1 cm³/mol. The molecule has 0 aromatic carbocycles. The van der Waals surface area contributed by atoms with Gasteiger partial charge in [-0.25, -0.2) is 0 Å². The summed E-state index contributed by atoms with van der Waals surface area (Å²) < 4.78 is -1.48. The number of carbonyl (C=O) groups excluding carboxylic acids is 1. The molecule has 0 atom stereocenters. The summed E-state index contributed by atoms with van der Waals surface area (Å²) in [7, 11) is 0. The van der Waals surface area contributed by atoms with Gasteiger partial charge in [0, 0.05) is 0 Å². The van der Waals surface area contributed by atoms with Gasteiger partial charge >= 0.3 is 0 Å². The van der Waals surface area contributed by atoms with Crippen molar-refractivity contribution in [1.29, 1.82) is 0 Å². The van der Waals surface area contributed by atoms with Crippen molar-refractivity contribution in [2.75, 3.05) is 0 Å². The standard InChI is InChI=1S/C5H5Cl3O/c1-2-4(9)3-5(6,7)8/h2H,1,3H2. The van der Waals surface area contributed by atoms with E-state index in [0.717, 1.165) is 6.08 Å². The maximum atomic E-state index is 10.5. The van der Waals surface area contributed by atoms with E-state index in [2.05, 4.69) is 6.58 Å². The molecule has 0 fully saturated rings. The van der Waals surface area contributed by atoms with Crippen molar-refractivity contribution in [1.82, 2.24) is 0 Å². The molecule has 0 aliphatic rings. The number of allylic oxidation sites excluding steroid dienone is 1. The second kappa shape index (κ2) is 3.45. The highest BCUT2D eigenvalue weighted by Crippen LogP contribution is 2.29. The normalized spacial score (nSPS) is 11.0. The summed E-state index contributed by atoms with van der Waals surface area (Å²) >= 11 is 15.8. The van der Waals surface area contributed by atoms with Gasteiger partial charge in [-0.15, -0.1) is 0 Å². The molecule has 0 radical (unpaired) electrons. The minimum absolute atomic E-state index is 0.110. The number of hydrogen-bond acceptors (Lipinski definition) is 1. The molecule has 0 heterocycles. The molecule has 0 amide bonds. The van der Waals surface area contributed by atoms with Crippen molar-refractivity contribution in [3.63, 3.8) is 0 Å². The highest BCUT2D eigenvalue weighted by Gasteiger charge is 2.21. The molecule has 0 aliphatic carbocycles. The Labute approximate surface area is 68.6 Å². The SMILES string of the molecule is C=CC(=O)CC(Cl)(Cl)Cl. The molecule has 0 aromatic rings. The summed E-state index contributed by atoms with van der Waals surface area (Å²) in [6, 6.07) is 0. The van der Waals surface area contributed by atoms with Gasteiger partial charge in [0.25, 0.3) is 0 Å². The Balaban J connectivity index is 3.74. The molecule has 0 N–H and O–H groups in total. The number of carbonyl (C=O) groups is 1. The zero-order chi connectivity index (χ0) is 7.49. The van der Waals surface area contributed by atoms with E-state index in [9.17, 15) is 4.79 Å². The van der Waals surface area contributed by atoms with Crippen LogP contribution in [0.25, 0.3) is 0 Å². The van der Waals surface area contributed by atoms with E-state index >= 15 is 0 Å². The summed E-state index contributed by atoms with van der Waals surface area (Å²) in [5, 5.41) is 0.